The fourth-order valence-corrected chi connectivity index (χ4v) is 2.47. The second-order valence-electron chi connectivity index (χ2n) is 4.68. The smallest absolute Gasteiger partial charge is 0.173 e. The first-order valence-electron chi connectivity index (χ1n) is 6.46. The summed E-state index contributed by atoms with van der Waals surface area (Å²) in [7, 11) is 0. The fraction of sp³-hybridized carbons (Fsp3) is 0.583. The first-order valence-corrected chi connectivity index (χ1v) is 6.46. The molecule has 0 radical (unpaired) electrons. The highest BCUT2D eigenvalue weighted by atomic mass is 16.4. The van der Waals surface area contributed by atoms with Crippen LogP contribution in [0.2, 0.25) is 0 Å². The Labute approximate surface area is 112 Å². The minimum atomic E-state index is 0.0653. The molecule has 0 amide bonds. The molecule has 0 aromatic carbocycles. The summed E-state index contributed by atoms with van der Waals surface area (Å²) >= 11 is 0. The lowest BCUT2D eigenvalue weighted by Gasteiger charge is -2.40. The molecule has 1 aliphatic heterocycles. The molecular formula is C12H20N6O. The van der Waals surface area contributed by atoms with Crippen LogP contribution in [0.4, 0.5) is 5.82 Å². The van der Waals surface area contributed by atoms with Crippen molar-refractivity contribution in [1.29, 1.82) is 0 Å². The maximum Gasteiger partial charge on any atom is 0.173 e. The number of nitrogens with zero attached hydrogens (tertiary/aromatic N) is 5. The quantitative estimate of drug-likeness (QED) is 0.348. The van der Waals surface area contributed by atoms with E-state index in [2.05, 4.69) is 39.0 Å². The Bertz CT molecular complexity index is 463. The Morgan fingerprint density at radius 2 is 2.37 bits per heavy atom. The molecule has 1 fully saturated rings. The van der Waals surface area contributed by atoms with Gasteiger partial charge in [-0.15, -0.1) is 5.10 Å². The number of piperazine rings is 1. The number of aromatic nitrogens is 2. The average molecular weight is 264 g/mol. The number of hydrogen-bond donors (Lipinski definition) is 2. The summed E-state index contributed by atoms with van der Waals surface area (Å²) in [6.07, 6.45) is 1.54. The highest BCUT2D eigenvalue weighted by Crippen LogP contribution is 2.20. The molecule has 19 heavy (non-hydrogen) atoms. The van der Waals surface area contributed by atoms with E-state index >= 15 is 0 Å². The Hall–Kier alpha value is -1.89. The number of oxime groups is 1. The largest absolute Gasteiger partial charge is 0.409 e. The van der Waals surface area contributed by atoms with E-state index in [1.54, 1.807) is 12.3 Å². The fourth-order valence-electron chi connectivity index (χ4n) is 2.47. The van der Waals surface area contributed by atoms with Crippen molar-refractivity contribution in [2.24, 2.45) is 10.9 Å². The number of amidine groups is 1. The van der Waals surface area contributed by atoms with Crippen molar-refractivity contribution in [3.05, 3.63) is 17.8 Å². The molecule has 0 spiro atoms. The van der Waals surface area contributed by atoms with Gasteiger partial charge in [0.05, 0.1) is 11.8 Å². The van der Waals surface area contributed by atoms with Crippen LogP contribution < -0.4 is 10.6 Å². The molecule has 2 rings (SSSR count). The van der Waals surface area contributed by atoms with E-state index in [0.717, 1.165) is 26.2 Å². The summed E-state index contributed by atoms with van der Waals surface area (Å²) in [4.78, 5) is 4.55. The zero-order valence-corrected chi connectivity index (χ0v) is 11.3. The van der Waals surface area contributed by atoms with E-state index in [9.17, 15) is 0 Å². The van der Waals surface area contributed by atoms with Gasteiger partial charge in [0, 0.05) is 25.7 Å². The molecule has 1 atom stereocenters. The molecule has 1 aromatic heterocycles. The molecule has 2 heterocycles. The summed E-state index contributed by atoms with van der Waals surface area (Å²) < 4.78 is 0. The maximum absolute atomic E-state index is 8.83. The first-order chi connectivity index (χ1) is 9.17. The van der Waals surface area contributed by atoms with Crippen LogP contribution in [-0.2, 0) is 0 Å². The predicted molar refractivity (Wildman–Crippen MR) is 73.5 cm³/mol. The summed E-state index contributed by atoms with van der Waals surface area (Å²) in [5, 5.41) is 19.9. The van der Waals surface area contributed by atoms with E-state index in [4.69, 9.17) is 10.9 Å². The van der Waals surface area contributed by atoms with Gasteiger partial charge in [-0.3, -0.25) is 4.90 Å². The van der Waals surface area contributed by atoms with Gasteiger partial charge in [-0.05, 0) is 19.5 Å². The molecule has 0 bridgehead atoms. The van der Waals surface area contributed by atoms with Gasteiger partial charge in [0.25, 0.3) is 0 Å². The molecule has 0 saturated carbocycles. The molecule has 1 unspecified atom stereocenters. The second-order valence-corrected chi connectivity index (χ2v) is 4.68. The maximum atomic E-state index is 8.83. The third kappa shape index (κ3) is 2.76. The number of nitrogens with two attached hydrogens (primary N) is 1. The Morgan fingerprint density at radius 3 is 3.00 bits per heavy atom. The van der Waals surface area contributed by atoms with Gasteiger partial charge >= 0.3 is 0 Å². The lowest BCUT2D eigenvalue weighted by Crippen LogP contribution is -2.52. The Kier molecular flexibility index (Phi) is 4.16. The molecule has 0 aliphatic carbocycles. The lowest BCUT2D eigenvalue weighted by atomic mass is 10.1. The van der Waals surface area contributed by atoms with Gasteiger partial charge in [0.15, 0.2) is 11.7 Å². The summed E-state index contributed by atoms with van der Waals surface area (Å²) in [5.74, 6) is 0.746. The van der Waals surface area contributed by atoms with Crippen molar-refractivity contribution in [3.63, 3.8) is 0 Å². The predicted octanol–water partition coefficient (Wildman–Crippen LogP) is 0.102. The molecule has 104 valence electrons. The van der Waals surface area contributed by atoms with E-state index in [-0.39, 0.29) is 5.84 Å². The molecular weight excluding hydrogens is 244 g/mol. The van der Waals surface area contributed by atoms with Gasteiger partial charge in [0.1, 0.15) is 0 Å². The van der Waals surface area contributed by atoms with Gasteiger partial charge in [-0.25, -0.2) is 0 Å². The average Bonchev–Trinajstić information content (AvgIpc) is 2.46. The molecule has 3 N–H and O–H groups in total. The van der Waals surface area contributed by atoms with Crippen LogP contribution in [0.5, 0.6) is 0 Å². The van der Waals surface area contributed by atoms with Crippen LogP contribution >= 0.6 is 0 Å². The van der Waals surface area contributed by atoms with E-state index < -0.39 is 0 Å². The number of hydrogen-bond acceptors (Lipinski definition) is 6. The molecule has 1 aliphatic rings. The van der Waals surface area contributed by atoms with Gasteiger partial charge in [-0.2, -0.15) is 5.10 Å². The second kappa shape index (κ2) is 5.83. The van der Waals surface area contributed by atoms with Crippen LogP contribution in [0.15, 0.2) is 17.4 Å². The van der Waals surface area contributed by atoms with Crippen LogP contribution in [-0.4, -0.2) is 58.4 Å². The highest BCUT2D eigenvalue weighted by molar-refractivity contribution is 6.01. The van der Waals surface area contributed by atoms with E-state index in [0.29, 0.717) is 17.4 Å². The van der Waals surface area contributed by atoms with Crippen LogP contribution in [0, 0.1) is 0 Å². The monoisotopic (exact) mass is 264 g/mol. The van der Waals surface area contributed by atoms with Crippen molar-refractivity contribution in [2.75, 3.05) is 31.1 Å². The topological polar surface area (TPSA) is 90.9 Å². The third-order valence-corrected chi connectivity index (χ3v) is 3.56. The van der Waals surface area contributed by atoms with Crippen LogP contribution in [0.25, 0.3) is 0 Å². The van der Waals surface area contributed by atoms with Crippen molar-refractivity contribution < 1.29 is 5.21 Å². The standard InChI is InChI=1S/C12H20N6O/c1-3-17-6-7-18(8-9(17)2)12-10(11(13)16-19)4-5-14-15-12/h4-5,9,19H,3,6-8H2,1-2H3,(H2,13,16). The summed E-state index contributed by atoms with van der Waals surface area (Å²) in [6.45, 7) is 8.10. The minimum absolute atomic E-state index is 0.0653. The summed E-state index contributed by atoms with van der Waals surface area (Å²) in [5.41, 5.74) is 6.31. The molecule has 7 heteroatoms. The molecule has 1 saturated heterocycles. The van der Waals surface area contributed by atoms with Gasteiger partial charge < -0.3 is 15.8 Å². The number of likely N-dealkylation sites (N-methyl/N-ethyl adjacent to an activating group) is 1. The van der Waals surface area contributed by atoms with Crippen LogP contribution in [0.3, 0.4) is 0 Å². The van der Waals surface area contributed by atoms with Crippen molar-refractivity contribution >= 4 is 11.7 Å². The SMILES string of the molecule is CCN1CCN(c2nnccc2/C(N)=N/O)CC1C. The zero-order chi connectivity index (χ0) is 13.8. The molecule has 7 nitrogen and oxygen atoms in total. The van der Waals surface area contributed by atoms with Crippen LogP contribution in [0.1, 0.15) is 19.4 Å². The minimum Gasteiger partial charge on any atom is -0.409 e. The first kappa shape index (κ1) is 13.5. The van der Waals surface area contributed by atoms with Crippen molar-refractivity contribution in [2.45, 2.75) is 19.9 Å². The number of anilines is 1. The third-order valence-electron chi connectivity index (χ3n) is 3.56. The lowest BCUT2D eigenvalue weighted by molar-refractivity contribution is 0.199. The van der Waals surface area contributed by atoms with Crippen molar-refractivity contribution in [1.82, 2.24) is 15.1 Å². The van der Waals surface area contributed by atoms with E-state index in [1.807, 2.05) is 0 Å². The summed E-state index contributed by atoms with van der Waals surface area (Å²) in [6, 6.07) is 2.16. The molecule has 1 aromatic rings. The zero-order valence-electron chi connectivity index (χ0n) is 11.3. The normalized spacial score (nSPS) is 21.7. The van der Waals surface area contributed by atoms with Crippen molar-refractivity contribution in [3.8, 4) is 0 Å². The number of rotatable bonds is 3. The Balaban J connectivity index is 2.24. The van der Waals surface area contributed by atoms with Gasteiger partial charge in [0.2, 0.25) is 0 Å². The van der Waals surface area contributed by atoms with E-state index in [1.165, 1.54) is 0 Å². The van der Waals surface area contributed by atoms with Gasteiger partial charge in [-0.1, -0.05) is 12.1 Å². The highest BCUT2D eigenvalue weighted by Gasteiger charge is 2.25. The Morgan fingerprint density at radius 1 is 1.58 bits per heavy atom.